The number of hydrogen-bond acceptors (Lipinski definition) is 8. The van der Waals surface area contributed by atoms with Crippen LogP contribution in [0, 0.1) is 5.82 Å². The second-order valence-electron chi connectivity index (χ2n) is 7.03. The number of halogens is 1. The molecule has 0 N–H and O–H groups in total. The van der Waals surface area contributed by atoms with Crippen molar-refractivity contribution in [1.29, 1.82) is 0 Å². The molecule has 3 heterocycles. The molecule has 1 aromatic carbocycles. The van der Waals surface area contributed by atoms with E-state index in [0.29, 0.717) is 5.75 Å². The molecule has 3 aromatic rings. The molecule has 0 radical (unpaired) electrons. The van der Waals surface area contributed by atoms with Crippen molar-refractivity contribution in [3.05, 3.63) is 35.9 Å². The number of tetrazole rings is 1. The van der Waals surface area contributed by atoms with Crippen molar-refractivity contribution in [1.82, 2.24) is 39.9 Å². The second kappa shape index (κ2) is 10.1. The van der Waals surface area contributed by atoms with E-state index in [0.717, 1.165) is 74.7 Å². The average Bonchev–Trinajstić information content (AvgIpc) is 3.39. The number of rotatable bonds is 9. The fourth-order valence-corrected chi connectivity index (χ4v) is 4.21. The van der Waals surface area contributed by atoms with E-state index in [-0.39, 0.29) is 5.82 Å². The van der Waals surface area contributed by atoms with Gasteiger partial charge in [0.2, 0.25) is 0 Å². The monoisotopic (exact) mass is 432 g/mol. The van der Waals surface area contributed by atoms with Crippen molar-refractivity contribution in [2.45, 2.75) is 37.3 Å². The molecule has 0 amide bonds. The van der Waals surface area contributed by atoms with Gasteiger partial charge in [-0.2, -0.15) is 0 Å². The van der Waals surface area contributed by atoms with Gasteiger partial charge in [0.15, 0.2) is 16.8 Å². The van der Waals surface area contributed by atoms with Gasteiger partial charge < -0.3 is 9.30 Å². The third-order valence-corrected chi connectivity index (χ3v) is 5.90. The van der Waals surface area contributed by atoms with E-state index in [4.69, 9.17) is 4.74 Å². The zero-order valence-electron chi connectivity index (χ0n) is 16.9. The van der Waals surface area contributed by atoms with E-state index >= 15 is 0 Å². The van der Waals surface area contributed by atoms with Crippen LogP contribution >= 0.6 is 11.8 Å². The summed E-state index contributed by atoms with van der Waals surface area (Å²) in [6, 6.07) is 6.37. The fourth-order valence-electron chi connectivity index (χ4n) is 3.32. The molecule has 0 saturated carbocycles. The van der Waals surface area contributed by atoms with E-state index in [2.05, 4.69) is 42.1 Å². The molecule has 1 aliphatic heterocycles. The van der Waals surface area contributed by atoms with Crippen LogP contribution in [0.25, 0.3) is 11.4 Å². The predicted octanol–water partition coefficient (Wildman–Crippen LogP) is 2.11. The first kappa shape index (κ1) is 20.9. The molecule has 9 nitrogen and oxygen atoms in total. The molecular weight excluding hydrogens is 407 g/mol. The van der Waals surface area contributed by atoms with Crippen molar-refractivity contribution in [3.8, 4) is 11.4 Å². The first-order valence-electron chi connectivity index (χ1n) is 10.1. The summed E-state index contributed by atoms with van der Waals surface area (Å²) in [5, 5.41) is 21.6. The first-order valence-corrected chi connectivity index (χ1v) is 11.1. The lowest BCUT2D eigenvalue weighted by molar-refractivity contribution is 0.0361. The van der Waals surface area contributed by atoms with Crippen molar-refractivity contribution in [2.24, 2.45) is 0 Å². The summed E-state index contributed by atoms with van der Waals surface area (Å²) in [7, 11) is 0. The Hall–Kier alpha value is -2.37. The summed E-state index contributed by atoms with van der Waals surface area (Å²) in [5.41, 5.74) is 0.841. The van der Waals surface area contributed by atoms with E-state index in [9.17, 15) is 4.39 Å². The molecule has 0 bridgehead atoms. The SMILES string of the molecule is CCCn1nnnc1CSc1nnc(-c2ccc(F)cc2)n1CCN1CCOCC1. The highest BCUT2D eigenvalue weighted by molar-refractivity contribution is 7.98. The number of benzene rings is 1. The van der Waals surface area contributed by atoms with Crippen LogP contribution in [0.5, 0.6) is 0 Å². The van der Waals surface area contributed by atoms with Crippen LogP contribution < -0.4 is 0 Å². The van der Waals surface area contributed by atoms with Gasteiger partial charge in [-0.15, -0.1) is 15.3 Å². The molecule has 1 saturated heterocycles. The number of nitrogens with zero attached hydrogens (tertiary/aromatic N) is 8. The third-order valence-electron chi connectivity index (χ3n) is 4.93. The summed E-state index contributed by atoms with van der Waals surface area (Å²) in [4.78, 5) is 2.37. The van der Waals surface area contributed by atoms with Crippen LogP contribution in [0.4, 0.5) is 4.39 Å². The van der Waals surface area contributed by atoms with Crippen molar-refractivity contribution in [2.75, 3.05) is 32.8 Å². The van der Waals surface area contributed by atoms with Crippen LogP contribution in [0.15, 0.2) is 29.4 Å². The lowest BCUT2D eigenvalue weighted by atomic mass is 10.2. The van der Waals surface area contributed by atoms with Crippen LogP contribution in [-0.2, 0) is 23.6 Å². The van der Waals surface area contributed by atoms with Gasteiger partial charge in [-0.05, 0) is 41.1 Å². The predicted molar refractivity (Wildman–Crippen MR) is 110 cm³/mol. The van der Waals surface area contributed by atoms with Gasteiger partial charge in [-0.1, -0.05) is 18.7 Å². The summed E-state index contributed by atoms with van der Waals surface area (Å²) in [5.74, 6) is 1.88. The van der Waals surface area contributed by atoms with Crippen LogP contribution in [-0.4, -0.2) is 72.7 Å². The van der Waals surface area contributed by atoms with E-state index < -0.39 is 0 Å². The molecule has 160 valence electrons. The lowest BCUT2D eigenvalue weighted by Crippen LogP contribution is -2.38. The maximum absolute atomic E-state index is 13.4. The maximum Gasteiger partial charge on any atom is 0.191 e. The molecule has 4 rings (SSSR count). The van der Waals surface area contributed by atoms with Crippen LogP contribution in [0.3, 0.4) is 0 Å². The van der Waals surface area contributed by atoms with Gasteiger partial charge in [-0.25, -0.2) is 9.07 Å². The Balaban J connectivity index is 1.53. The Kier molecular flexibility index (Phi) is 7.03. The van der Waals surface area contributed by atoms with Crippen LogP contribution in [0.1, 0.15) is 19.2 Å². The zero-order chi connectivity index (χ0) is 20.8. The Bertz CT molecular complexity index is 938. The molecule has 11 heteroatoms. The fraction of sp³-hybridized carbons (Fsp3) is 0.526. The smallest absolute Gasteiger partial charge is 0.191 e. The van der Waals surface area contributed by atoms with Gasteiger partial charge in [0, 0.05) is 38.3 Å². The average molecular weight is 433 g/mol. The Morgan fingerprint density at radius 1 is 1.03 bits per heavy atom. The number of aryl methyl sites for hydroxylation is 1. The molecule has 30 heavy (non-hydrogen) atoms. The van der Waals surface area contributed by atoms with E-state index in [1.165, 1.54) is 12.1 Å². The van der Waals surface area contributed by atoms with E-state index in [1.54, 1.807) is 23.9 Å². The van der Waals surface area contributed by atoms with Crippen molar-refractivity contribution in [3.63, 3.8) is 0 Å². The van der Waals surface area contributed by atoms with Gasteiger partial charge in [0.05, 0.1) is 19.0 Å². The minimum absolute atomic E-state index is 0.268. The minimum atomic E-state index is -0.268. The molecule has 1 fully saturated rings. The summed E-state index contributed by atoms with van der Waals surface area (Å²) in [6.45, 7) is 7.84. The molecule has 1 aliphatic rings. The summed E-state index contributed by atoms with van der Waals surface area (Å²) >= 11 is 1.56. The normalized spacial score (nSPS) is 15.0. The number of thioether (sulfide) groups is 1. The Morgan fingerprint density at radius 2 is 1.83 bits per heavy atom. The molecule has 0 unspecified atom stereocenters. The Labute approximate surface area is 178 Å². The van der Waals surface area contributed by atoms with Gasteiger partial charge in [0.1, 0.15) is 5.82 Å². The maximum atomic E-state index is 13.4. The summed E-state index contributed by atoms with van der Waals surface area (Å²) in [6.07, 6.45) is 0.965. The van der Waals surface area contributed by atoms with Gasteiger partial charge in [-0.3, -0.25) is 4.90 Å². The Morgan fingerprint density at radius 3 is 2.60 bits per heavy atom. The van der Waals surface area contributed by atoms with Crippen molar-refractivity contribution >= 4 is 11.8 Å². The lowest BCUT2D eigenvalue weighted by Gasteiger charge is -2.27. The molecule has 0 aliphatic carbocycles. The summed E-state index contributed by atoms with van der Waals surface area (Å²) < 4.78 is 22.8. The highest BCUT2D eigenvalue weighted by Crippen LogP contribution is 2.26. The van der Waals surface area contributed by atoms with Crippen LogP contribution in [0.2, 0.25) is 0 Å². The van der Waals surface area contributed by atoms with Gasteiger partial charge >= 0.3 is 0 Å². The molecule has 0 atom stereocenters. The topological polar surface area (TPSA) is 86.8 Å². The quantitative estimate of drug-likeness (QED) is 0.475. The highest BCUT2D eigenvalue weighted by Gasteiger charge is 2.18. The van der Waals surface area contributed by atoms with E-state index in [1.807, 2.05) is 4.68 Å². The number of aromatic nitrogens is 7. The number of hydrogen-bond donors (Lipinski definition) is 0. The highest BCUT2D eigenvalue weighted by atomic mass is 32.2. The molecular formula is C19H25FN8OS. The number of ether oxygens (including phenoxy) is 1. The zero-order valence-corrected chi connectivity index (χ0v) is 17.8. The van der Waals surface area contributed by atoms with Gasteiger partial charge in [0.25, 0.3) is 0 Å². The number of morpholine rings is 1. The first-order chi connectivity index (χ1) is 14.7. The third kappa shape index (κ3) is 5.02. The minimum Gasteiger partial charge on any atom is -0.379 e. The standard InChI is InChI=1S/C19H25FN8OS/c1-2-7-28-17(21-24-25-28)14-30-19-23-22-18(15-3-5-16(20)6-4-15)27(19)9-8-26-10-12-29-13-11-26/h3-6H,2,7-14H2,1H3. The second-order valence-corrected chi connectivity index (χ2v) is 7.97. The largest absolute Gasteiger partial charge is 0.379 e. The van der Waals surface area contributed by atoms with Crippen molar-refractivity contribution < 1.29 is 9.13 Å². The molecule has 2 aromatic heterocycles. The molecule has 0 spiro atoms.